The van der Waals surface area contributed by atoms with Crippen molar-refractivity contribution < 1.29 is 9.59 Å². The average molecular weight is 518 g/mol. The third kappa shape index (κ3) is 9.76. The Morgan fingerprint density at radius 3 is 2.39 bits per heavy atom. The summed E-state index contributed by atoms with van der Waals surface area (Å²) in [4.78, 5) is 37.0. The van der Waals surface area contributed by atoms with Crippen LogP contribution in [0.1, 0.15) is 35.6 Å². The van der Waals surface area contributed by atoms with Crippen molar-refractivity contribution in [1.29, 1.82) is 0 Å². The van der Waals surface area contributed by atoms with Crippen LogP contribution in [0.3, 0.4) is 0 Å². The van der Waals surface area contributed by atoms with E-state index in [2.05, 4.69) is 40.3 Å². The molecule has 38 heavy (non-hydrogen) atoms. The lowest BCUT2D eigenvalue weighted by Gasteiger charge is -2.25. The minimum atomic E-state index is -0.690. The normalized spacial score (nSPS) is 9.97. The number of nitrogens with one attached hydrogen (secondary N) is 2. The van der Waals surface area contributed by atoms with Crippen LogP contribution < -0.4 is 21.3 Å². The quantitative estimate of drug-likeness (QED) is 0.272. The van der Waals surface area contributed by atoms with E-state index in [1.54, 1.807) is 24.1 Å². The van der Waals surface area contributed by atoms with E-state index in [0.717, 1.165) is 11.3 Å². The smallest absolute Gasteiger partial charge is 0.271 e. The van der Waals surface area contributed by atoms with Gasteiger partial charge in [-0.15, -0.1) is 0 Å². The maximum Gasteiger partial charge on any atom is 0.271 e. The van der Waals surface area contributed by atoms with E-state index >= 15 is 0 Å². The summed E-state index contributed by atoms with van der Waals surface area (Å²) in [5.74, 6) is 0.0621. The molecule has 2 aromatic rings. The van der Waals surface area contributed by atoms with Crippen LogP contribution in [0.15, 0.2) is 55.8 Å². The number of allylic oxidation sites excluding steroid dienone is 1. The van der Waals surface area contributed by atoms with Crippen molar-refractivity contribution in [3.8, 4) is 0 Å². The summed E-state index contributed by atoms with van der Waals surface area (Å²) in [5, 5.41) is 6.08. The van der Waals surface area contributed by atoms with Gasteiger partial charge in [-0.1, -0.05) is 45.5 Å². The van der Waals surface area contributed by atoms with Crippen LogP contribution in [0, 0.1) is 0 Å². The summed E-state index contributed by atoms with van der Waals surface area (Å²) in [6.07, 6.45) is 3.78. The number of likely N-dealkylation sites (N-methyl/N-ethyl adjacent to an activating group) is 1. The summed E-state index contributed by atoms with van der Waals surface area (Å²) in [5.41, 5.74) is 8.49. The van der Waals surface area contributed by atoms with Crippen LogP contribution in [-0.4, -0.2) is 67.2 Å². The van der Waals surface area contributed by atoms with Crippen LogP contribution in [0.4, 0.5) is 17.3 Å². The molecule has 2 amide bonds. The SMILES string of the molecule is C=CC(=C)N(C)CC(=O)NCCc1cccc(Nc2nc(N(C)C(C)C)c(C=C)nc2C(N)=O)c1.C[B]C. The summed E-state index contributed by atoms with van der Waals surface area (Å²) < 4.78 is 0. The standard InChI is InChI=1S/C26H35N7O2.C2H6B/c1-8-18(5)32(6)16-22(34)28-14-13-19-11-10-12-20(15-19)29-25-23(24(27)35)30-21(9-2)26(31-25)33(7)17(3)4;1-3-2/h8-12,15,17H,1-2,5,13-14,16H2,3-4,6-7H3,(H2,27,35)(H,28,34)(H,29,31);1-2H3. The van der Waals surface area contributed by atoms with Crippen molar-refractivity contribution in [3.05, 3.63) is 72.7 Å². The predicted octanol–water partition coefficient (Wildman–Crippen LogP) is 3.88. The molecule has 2 rings (SSSR count). The van der Waals surface area contributed by atoms with Gasteiger partial charge in [0.1, 0.15) is 13.0 Å². The Labute approximate surface area is 228 Å². The molecule has 1 heterocycles. The number of primary amides is 1. The number of anilines is 3. The summed E-state index contributed by atoms with van der Waals surface area (Å²) >= 11 is 0. The number of carbonyl (C=O) groups excluding carboxylic acids is 2. The Morgan fingerprint density at radius 2 is 1.84 bits per heavy atom. The average Bonchev–Trinajstić information content (AvgIpc) is 2.87. The van der Waals surface area contributed by atoms with Gasteiger partial charge in [0.2, 0.25) is 5.91 Å². The minimum absolute atomic E-state index is 0.0312. The number of nitrogens with two attached hydrogens (primary N) is 1. The van der Waals surface area contributed by atoms with Gasteiger partial charge >= 0.3 is 0 Å². The molecule has 203 valence electrons. The van der Waals surface area contributed by atoms with E-state index in [1.165, 1.54) is 0 Å². The van der Waals surface area contributed by atoms with E-state index in [9.17, 15) is 9.59 Å². The van der Waals surface area contributed by atoms with Gasteiger partial charge in [-0.2, -0.15) is 0 Å². The first-order valence-electron chi connectivity index (χ1n) is 12.4. The number of carbonyl (C=O) groups is 2. The van der Waals surface area contributed by atoms with Gasteiger partial charge in [0.15, 0.2) is 17.3 Å². The molecule has 0 saturated carbocycles. The van der Waals surface area contributed by atoms with Crippen LogP contribution in [0.2, 0.25) is 13.6 Å². The predicted molar refractivity (Wildman–Crippen MR) is 160 cm³/mol. The van der Waals surface area contributed by atoms with Crippen molar-refractivity contribution >= 4 is 42.5 Å². The van der Waals surface area contributed by atoms with E-state index < -0.39 is 5.91 Å². The van der Waals surface area contributed by atoms with E-state index in [4.69, 9.17) is 5.73 Å². The number of nitrogens with zero attached hydrogens (tertiary/aromatic N) is 4. The number of rotatable bonds is 13. The number of benzene rings is 1. The van der Waals surface area contributed by atoms with Crippen LogP contribution in [-0.2, 0) is 11.2 Å². The molecule has 0 atom stereocenters. The Kier molecular flexibility index (Phi) is 13.4. The second-order valence-electron chi connectivity index (χ2n) is 8.96. The first kappa shape index (κ1) is 32.0. The Balaban J connectivity index is 0.00000229. The van der Waals surface area contributed by atoms with Gasteiger partial charge in [0.25, 0.3) is 5.91 Å². The molecule has 10 heteroatoms. The zero-order valence-electron chi connectivity index (χ0n) is 23.5. The Bertz CT molecular complexity index is 1130. The van der Waals surface area contributed by atoms with Gasteiger partial charge < -0.3 is 26.2 Å². The fraction of sp³-hybridized carbons (Fsp3) is 0.357. The molecule has 1 aromatic carbocycles. The molecule has 0 unspecified atom stereocenters. The summed E-state index contributed by atoms with van der Waals surface area (Å²) in [6.45, 7) is 20.0. The maximum absolute atomic E-state index is 12.2. The Hall–Kier alpha value is -4.08. The molecule has 0 spiro atoms. The van der Waals surface area contributed by atoms with Gasteiger partial charge in [-0.3, -0.25) is 9.59 Å². The molecule has 0 bridgehead atoms. The molecule has 0 aliphatic heterocycles. The van der Waals surface area contributed by atoms with Gasteiger partial charge in [-0.25, -0.2) is 9.97 Å². The molecule has 0 saturated heterocycles. The first-order valence-corrected chi connectivity index (χ1v) is 12.4. The van der Waals surface area contributed by atoms with Gasteiger partial charge in [0, 0.05) is 38.1 Å². The summed E-state index contributed by atoms with van der Waals surface area (Å²) in [6, 6.07) is 7.79. The molecule has 0 aliphatic rings. The molecular formula is C28H41BN7O2. The largest absolute Gasteiger partial charge is 0.366 e. The highest BCUT2D eigenvalue weighted by atomic mass is 16.2. The lowest BCUT2D eigenvalue weighted by molar-refractivity contribution is -0.121. The summed E-state index contributed by atoms with van der Waals surface area (Å²) in [7, 11) is 5.68. The zero-order chi connectivity index (χ0) is 28.8. The highest BCUT2D eigenvalue weighted by Gasteiger charge is 2.20. The fourth-order valence-corrected chi connectivity index (χ4v) is 3.16. The molecule has 0 fully saturated rings. The Morgan fingerprint density at radius 1 is 1.18 bits per heavy atom. The maximum atomic E-state index is 12.2. The lowest BCUT2D eigenvalue weighted by atomic mass is 9.88. The molecule has 1 aromatic heterocycles. The highest BCUT2D eigenvalue weighted by molar-refractivity contribution is 6.31. The number of amides is 2. The van der Waals surface area contributed by atoms with Crippen molar-refractivity contribution in [2.45, 2.75) is 40.0 Å². The molecular weight excluding hydrogens is 477 g/mol. The van der Waals surface area contributed by atoms with Crippen LogP contribution in [0.5, 0.6) is 0 Å². The first-order chi connectivity index (χ1) is 18.0. The van der Waals surface area contributed by atoms with Crippen molar-refractivity contribution in [3.63, 3.8) is 0 Å². The van der Waals surface area contributed by atoms with Crippen LogP contribution in [0.25, 0.3) is 6.08 Å². The molecule has 4 N–H and O–H groups in total. The highest BCUT2D eigenvalue weighted by Crippen LogP contribution is 2.26. The second kappa shape index (κ2) is 15.9. The monoisotopic (exact) mass is 518 g/mol. The number of hydrogen-bond donors (Lipinski definition) is 3. The van der Waals surface area contributed by atoms with Crippen molar-refractivity contribution in [2.75, 3.05) is 37.4 Å². The molecule has 1 radical (unpaired) electrons. The van der Waals surface area contributed by atoms with Crippen LogP contribution >= 0.6 is 0 Å². The van der Waals surface area contributed by atoms with Gasteiger partial charge in [-0.05, 0) is 50.1 Å². The van der Waals surface area contributed by atoms with E-state index in [-0.39, 0.29) is 30.0 Å². The van der Waals surface area contributed by atoms with E-state index in [1.807, 2.05) is 71.0 Å². The lowest BCUT2D eigenvalue weighted by Crippen LogP contribution is -2.35. The third-order valence-corrected chi connectivity index (χ3v) is 5.47. The topological polar surface area (TPSA) is 116 Å². The second-order valence-corrected chi connectivity index (χ2v) is 8.96. The molecule has 0 aliphatic carbocycles. The fourth-order valence-electron chi connectivity index (χ4n) is 3.16. The number of aromatic nitrogens is 2. The van der Waals surface area contributed by atoms with Gasteiger partial charge in [0.05, 0.1) is 6.54 Å². The third-order valence-electron chi connectivity index (χ3n) is 5.47. The van der Waals surface area contributed by atoms with E-state index in [0.29, 0.717) is 30.2 Å². The van der Waals surface area contributed by atoms with Crippen molar-refractivity contribution in [1.82, 2.24) is 20.2 Å². The zero-order valence-corrected chi connectivity index (χ0v) is 23.5. The molecule has 9 nitrogen and oxygen atoms in total. The minimum Gasteiger partial charge on any atom is -0.366 e. The van der Waals surface area contributed by atoms with Crippen molar-refractivity contribution in [2.24, 2.45) is 5.73 Å². The number of hydrogen-bond acceptors (Lipinski definition) is 7.